The minimum absolute atomic E-state index is 0.261. The summed E-state index contributed by atoms with van der Waals surface area (Å²) in [7, 11) is -3.65. The fourth-order valence-corrected chi connectivity index (χ4v) is 4.64. The van der Waals surface area contributed by atoms with Gasteiger partial charge in [-0.05, 0) is 55.5 Å². The van der Waals surface area contributed by atoms with Crippen LogP contribution in [0.15, 0.2) is 60.7 Å². The van der Waals surface area contributed by atoms with Gasteiger partial charge in [0, 0.05) is 5.39 Å². The lowest BCUT2D eigenvalue weighted by molar-refractivity contribution is -0.121. The largest absolute Gasteiger partial charge is 0.491 e. The van der Waals surface area contributed by atoms with Gasteiger partial charge in [0.05, 0.1) is 18.5 Å². The van der Waals surface area contributed by atoms with Crippen molar-refractivity contribution < 1.29 is 17.9 Å². The highest BCUT2D eigenvalue weighted by atomic mass is 32.2. The predicted octanol–water partition coefficient (Wildman–Crippen LogP) is 3.81. The smallest absolute Gasteiger partial charge is 0.243 e. The van der Waals surface area contributed by atoms with Crippen molar-refractivity contribution in [2.45, 2.75) is 26.8 Å². The van der Waals surface area contributed by atoms with E-state index in [9.17, 15) is 13.2 Å². The lowest BCUT2D eigenvalue weighted by atomic mass is 10.1. The Hall–Kier alpha value is -3.06. The van der Waals surface area contributed by atoms with Crippen LogP contribution in [0.2, 0.25) is 0 Å². The molecule has 0 heterocycles. The number of benzene rings is 3. The fourth-order valence-electron chi connectivity index (χ4n) is 3.48. The quantitative estimate of drug-likeness (QED) is 0.541. The maximum Gasteiger partial charge on any atom is 0.243 e. The SMILES string of the molecule is Cc1ccc(N([C@H](C)C(=O)NCCOc2cccc3ccccc23)S(C)(=O)=O)cc1C. The Labute approximate surface area is 183 Å². The summed E-state index contributed by atoms with van der Waals surface area (Å²) in [6.45, 7) is 5.98. The maximum absolute atomic E-state index is 12.7. The van der Waals surface area contributed by atoms with Gasteiger partial charge in [0.25, 0.3) is 0 Å². The van der Waals surface area contributed by atoms with Crippen molar-refractivity contribution in [1.29, 1.82) is 0 Å². The molecule has 7 heteroatoms. The molecule has 0 aliphatic carbocycles. The molecule has 31 heavy (non-hydrogen) atoms. The number of ether oxygens (including phenoxy) is 1. The van der Waals surface area contributed by atoms with Gasteiger partial charge in [0.15, 0.2) is 0 Å². The molecule has 0 radical (unpaired) electrons. The zero-order chi connectivity index (χ0) is 22.6. The summed E-state index contributed by atoms with van der Waals surface area (Å²) in [6, 6.07) is 18.2. The molecule has 6 nitrogen and oxygen atoms in total. The molecule has 0 bridgehead atoms. The van der Waals surface area contributed by atoms with Crippen LogP contribution < -0.4 is 14.4 Å². The minimum Gasteiger partial charge on any atom is -0.491 e. The summed E-state index contributed by atoms with van der Waals surface area (Å²) in [6.07, 6.45) is 1.11. The number of fused-ring (bicyclic) bond motifs is 1. The first-order chi connectivity index (χ1) is 14.7. The van der Waals surface area contributed by atoms with Gasteiger partial charge in [-0.25, -0.2) is 8.42 Å². The van der Waals surface area contributed by atoms with Gasteiger partial charge in [-0.1, -0.05) is 42.5 Å². The van der Waals surface area contributed by atoms with E-state index in [-0.39, 0.29) is 19.1 Å². The summed E-state index contributed by atoms with van der Waals surface area (Å²) in [5, 5.41) is 4.86. The molecule has 0 aliphatic rings. The van der Waals surface area contributed by atoms with Crippen LogP contribution in [-0.2, 0) is 14.8 Å². The first-order valence-corrected chi connectivity index (χ1v) is 12.0. The van der Waals surface area contributed by atoms with Crippen LogP contribution in [0.25, 0.3) is 10.8 Å². The number of aryl methyl sites for hydroxylation is 2. The van der Waals surface area contributed by atoms with Crippen LogP contribution in [0.5, 0.6) is 5.75 Å². The average molecular weight is 441 g/mol. The molecule has 1 atom stereocenters. The molecule has 1 N–H and O–H groups in total. The normalized spacial score (nSPS) is 12.4. The molecule has 0 aliphatic heterocycles. The van der Waals surface area contributed by atoms with Crippen LogP contribution in [0.1, 0.15) is 18.1 Å². The Morgan fingerprint density at radius 2 is 1.74 bits per heavy atom. The van der Waals surface area contributed by atoms with E-state index in [0.717, 1.165) is 38.2 Å². The Morgan fingerprint density at radius 3 is 2.45 bits per heavy atom. The van der Waals surface area contributed by atoms with Crippen molar-refractivity contribution in [3.8, 4) is 5.75 Å². The van der Waals surface area contributed by atoms with Crippen LogP contribution in [0, 0.1) is 13.8 Å². The number of rotatable bonds is 8. The van der Waals surface area contributed by atoms with Gasteiger partial charge in [0.2, 0.25) is 15.9 Å². The summed E-state index contributed by atoms with van der Waals surface area (Å²) in [5.41, 5.74) is 2.49. The topological polar surface area (TPSA) is 75.7 Å². The molecule has 1 amide bonds. The van der Waals surface area contributed by atoms with Crippen LogP contribution in [0.3, 0.4) is 0 Å². The molecular formula is C24H28N2O4S. The number of nitrogens with zero attached hydrogens (tertiary/aromatic N) is 1. The standard InChI is InChI=1S/C24H28N2O4S/c1-17-12-13-21(16-18(17)2)26(31(4,28)29)19(3)24(27)25-14-15-30-23-11-7-9-20-8-5-6-10-22(20)23/h5-13,16,19H,14-15H2,1-4H3,(H,25,27)/t19-/m1/s1. The Kier molecular flexibility index (Phi) is 6.85. The molecule has 164 valence electrons. The lowest BCUT2D eigenvalue weighted by Crippen LogP contribution is -2.48. The number of sulfonamides is 1. The van der Waals surface area contributed by atoms with Crippen molar-refractivity contribution >= 4 is 32.4 Å². The van der Waals surface area contributed by atoms with Crippen molar-refractivity contribution in [3.63, 3.8) is 0 Å². The van der Waals surface area contributed by atoms with E-state index in [2.05, 4.69) is 5.32 Å². The molecule has 0 spiro atoms. The number of anilines is 1. The van der Waals surface area contributed by atoms with Crippen molar-refractivity contribution in [1.82, 2.24) is 5.32 Å². The van der Waals surface area contributed by atoms with Crippen LogP contribution >= 0.6 is 0 Å². The number of hydrogen-bond acceptors (Lipinski definition) is 4. The molecule has 3 aromatic rings. The fraction of sp³-hybridized carbons (Fsp3) is 0.292. The van der Waals surface area contributed by atoms with Crippen molar-refractivity contribution in [2.24, 2.45) is 0 Å². The van der Waals surface area contributed by atoms with Gasteiger partial charge in [-0.15, -0.1) is 0 Å². The lowest BCUT2D eigenvalue weighted by Gasteiger charge is -2.28. The Bertz CT molecular complexity index is 1190. The highest BCUT2D eigenvalue weighted by molar-refractivity contribution is 7.92. The van der Waals surface area contributed by atoms with E-state index < -0.39 is 16.1 Å². The molecule has 3 rings (SSSR count). The van der Waals surface area contributed by atoms with Gasteiger partial charge in [-0.2, -0.15) is 0 Å². The number of carbonyl (C=O) groups is 1. The van der Waals surface area contributed by atoms with Crippen LogP contribution in [0.4, 0.5) is 5.69 Å². The average Bonchev–Trinajstić information content (AvgIpc) is 2.72. The van der Waals surface area contributed by atoms with E-state index in [1.54, 1.807) is 19.1 Å². The van der Waals surface area contributed by atoms with Gasteiger partial charge < -0.3 is 10.1 Å². The van der Waals surface area contributed by atoms with Crippen molar-refractivity contribution in [2.75, 3.05) is 23.7 Å². The molecule has 0 saturated carbocycles. The number of amides is 1. The number of carbonyl (C=O) groups excluding carboxylic acids is 1. The molecule has 3 aromatic carbocycles. The molecule has 0 aromatic heterocycles. The molecule has 0 fully saturated rings. The van der Waals surface area contributed by atoms with Gasteiger partial charge in [0.1, 0.15) is 18.4 Å². The minimum atomic E-state index is -3.65. The third-order valence-corrected chi connectivity index (χ3v) is 6.48. The third-order valence-electron chi connectivity index (χ3n) is 5.24. The maximum atomic E-state index is 12.7. The highest BCUT2D eigenvalue weighted by Crippen LogP contribution is 2.25. The zero-order valence-electron chi connectivity index (χ0n) is 18.3. The third kappa shape index (κ3) is 5.35. The molecular weight excluding hydrogens is 412 g/mol. The monoisotopic (exact) mass is 440 g/mol. The summed E-state index contributed by atoms with van der Waals surface area (Å²) in [5.74, 6) is 0.360. The first kappa shape index (κ1) is 22.6. The second kappa shape index (κ2) is 9.39. The van der Waals surface area contributed by atoms with Gasteiger partial charge >= 0.3 is 0 Å². The first-order valence-electron chi connectivity index (χ1n) is 10.1. The summed E-state index contributed by atoms with van der Waals surface area (Å²) in [4.78, 5) is 12.7. The predicted molar refractivity (Wildman–Crippen MR) is 125 cm³/mol. The number of nitrogens with one attached hydrogen (secondary N) is 1. The highest BCUT2D eigenvalue weighted by Gasteiger charge is 2.29. The Balaban J connectivity index is 1.65. The van der Waals surface area contributed by atoms with E-state index in [0.29, 0.717) is 5.69 Å². The second-order valence-corrected chi connectivity index (χ2v) is 9.48. The van der Waals surface area contributed by atoms with Gasteiger partial charge in [-0.3, -0.25) is 9.10 Å². The van der Waals surface area contributed by atoms with Crippen molar-refractivity contribution in [3.05, 3.63) is 71.8 Å². The Morgan fingerprint density at radius 1 is 1.03 bits per heavy atom. The van der Waals surface area contributed by atoms with E-state index >= 15 is 0 Å². The van der Waals surface area contributed by atoms with E-state index in [4.69, 9.17) is 4.74 Å². The van der Waals surface area contributed by atoms with E-state index in [1.807, 2.05) is 62.4 Å². The zero-order valence-corrected chi connectivity index (χ0v) is 19.1. The molecule has 0 saturated heterocycles. The second-order valence-electron chi connectivity index (χ2n) is 7.62. The summed E-state index contributed by atoms with van der Waals surface area (Å²) >= 11 is 0. The number of hydrogen-bond donors (Lipinski definition) is 1. The van der Waals surface area contributed by atoms with E-state index in [1.165, 1.54) is 0 Å². The molecule has 0 unspecified atom stereocenters. The summed E-state index contributed by atoms with van der Waals surface area (Å²) < 4.78 is 31.9. The van der Waals surface area contributed by atoms with Crippen LogP contribution in [-0.4, -0.2) is 39.8 Å².